The summed E-state index contributed by atoms with van der Waals surface area (Å²) in [4.78, 5) is 10.8. The second-order valence-corrected chi connectivity index (χ2v) is 4.06. The van der Waals surface area contributed by atoms with Gasteiger partial charge in [0.1, 0.15) is 0 Å². The first kappa shape index (κ1) is 10.4. The van der Waals surface area contributed by atoms with Gasteiger partial charge in [0.2, 0.25) is 5.24 Å². The summed E-state index contributed by atoms with van der Waals surface area (Å²) in [6.45, 7) is 0. The monoisotopic (exact) mass is 244 g/mol. The molecule has 1 aliphatic carbocycles. The van der Waals surface area contributed by atoms with Crippen molar-refractivity contribution in [3.8, 4) is 0 Å². The van der Waals surface area contributed by atoms with Crippen LogP contribution in [-0.2, 0) is 4.79 Å². The minimum absolute atomic E-state index is 0.280. The van der Waals surface area contributed by atoms with Gasteiger partial charge < -0.3 is 0 Å². The molecule has 0 spiro atoms. The van der Waals surface area contributed by atoms with E-state index in [-0.39, 0.29) is 5.03 Å². The van der Waals surface area contributed by atoms with E-state index >= 15 is 0 Å². The molecule has 1 nitrogen and oxygen atoms in total. The number of allylic oxidation sites excluding steroid dienone is 4. The first-order chi connectivity index (χ1) is 5.52. The van der Waals surface area contributed by atoms with Crippen LogP contribution in [0, 0.1) is 5.92 Å². The Morgan fingerprint density at radius 1 is 1.42 bits per heavy atom. The zero-order valence-electron chi connectivity index (χ0n) is 5.73. The summed E-state index contributed by atoms with van der Waals surface area (Å²) in [7, 11) is 0. The van der Waals surface area contributed by atoms with Crippen molar-refractivity contribution in [3.63, 3.8) is 0 Å². The van der Waals surface area contributed by atoms with E-state index in [0.717, 1.165) is 0 Å². The molecule has 0 radical (unpaired) electrons. The van der Waals surface area contributed by atoms with E-state index in [2.05, 4.69) is 0 Å². The van der Waals surface area contributed by atoms with Gasteiger partial charge in [-0.15, -0.1) is 11.6 Å². The van der Waals surface area contributed by atoms with Gasteiger partial charge in [-0.05, 0) is 23.8 Å². The Kier molecular flexibility index (Phi) is 3.47. The molecule has 0 bridgehead atoms. The van der Waals surface area contributed by atoms with Gasteiger partial charge >= 0.3 is 0 Å². The smallest absolute Gasteiger partial charge is 0.231 e. The summed E-state index contributed by atoms with van der Waals surface area (Å²) >= 11 is 22.4. The predicted octanol–water partition coefficient (Wildman–Crippen LogP) is 3.23. The fourth-order valence-corrected chi connectivity index (χ4v) is 2.45. The molecule has 0 aromatic heterocycles. The minimum Gasteiger partial charge on any atom is -0.281 e. The molecule has 0 saturated carbocycles. The van der Waals surface area contributed by atoms with E-state index in [1.165, 1.54) is 12.2 Å². The maximum Gasteiger partial charge on any atom is 0.231 e. The molecule has 0 fully saturated rings. The lowest BCUT2D eigenvalue weighted by molar-refractivity contribution is -0.113. The SMILES string of the molecule is O=C(Cl)[C@H]1C(Cl)=CC(Cl)=CC1Cl. The van der Waals surface area contributed by atoms with Crippen LogP contribution in [0.1, 0.15) is 0 Å². The van der Waals surface area contributed by atoms with Crippen LogP contribution < -0.4 is 0 Å². The van der Waals surface area contributed by atoms with Crippen LogP contribution in [0.3, 0.4) is 0 Å². The minimum atomic E-state index is -0.669. The number of rotatable bonds is 1. The van der Waals surface area contributed by atoms with E-state index in [0.29, 0.717) is 5.03 Å². The Hall–Kier alpha value is 0.310. The fraction of sp³-hybridized carbons (Fsp3) is 0.286. The first-order valence-electron chi connectivity index (χ1n) is 3.10. The standard InChI is InChI=1S/C7H4Cl4O/c8-3-1-4(9)6(7(11)12)5(10)2-3/h1-2,4,6H/t4?,6-/m1/s1. The van der Waals surface area contributed by atoms with Crippen LogP contribution in [0.2, 0.25) is 0 Å². The molecule has 12 heavy (non-hydrogen) atoms. The van der Waals surface area contributed by atoms with Crippen LogP contribution >= 0.6 is 46.4 Å². The molecule has 0 N–H and O–H groups in total. The maximum atomic E-state index is 10.8. The van der Waals surface area contributed by atoms with Crippen LogP contribution in [-0.4, -0.2) is 10.6 Å². The summed E-state index contributed by atoms with van der Waals surface area (Å²) in [6, 6.07) is 0. The average molecular weight is 246 g/mol. The molecule has 5 heteroatoms. The van der Waals surface area contributed by atoms with Crippen molar-refractivity contribution >= 4 is 51.6 Å². The third-order valence-electron chi connectivity index (χ3n) is 1.45. The molecule has 0 aliphatic heterocycles. The second kappa shape index (κ2) is 4.01. The highest BCUT2D eigenvalue weighted by Gasteiger charge is 2.29. The number of carbonyl (C=O) groups is 1. The quantitative estimate of drug-likeness (QED) is 0.512. The van der Waals surface area contributed by atoms with Crippen molar-refractivity contribution in [1.82, 2.24) is 0 Å². The molecule has 1 aliphatic rings. The van der Waals surface area contributed by atoms with Crippen LogP contribution in [0.4, 0.5) is 0 Å². The summed E-state index contributed by atoms with van der Waals surface area (Å²) in [5.74, 6) is -0.669. The topological polar surface area (TPSA) is 17.1 Å². The highest BCUT2D eigenvalue weighted by molar-refractivity contribution is 6.65. The number of hydrogen-bond donors (Lipinski definition) is 0. The van der Waals surface area contributed by atoms with Gasteiger partial charge in [0.05, 0.1) is 11.3 Å². The van der Waals surface area contributed by atoms with Crippen molar-refractivity contribution in [1.29, 1.82) is 0 Å². The molecule has 0 aromatic rings. The molecular formula is C7H4Cl4O. The van der Waals surface area contributed by atoms with Crippen LogP contribution in [0.5, 0.6) is 0 Å². The average Bonchev–Trinajstić information content (AvgIpc) is 1.82. The first-order valence-corrected chi connectivity index (χ1v) is 4.67. The number of carbonyl (C=O) groups excluding carboxylic acids is 1. The summed E-state index contributed by atoms with van der Waals surface area (Å²) in [5.41, 5.74) is 0. The largest absolute Gasteiger partial charge is 0.281 e. The van der Waals surface area contributed by atoms with E-state index in [1.54, 1.807) is 0 Å². The van der Waals surface area contributed by atoms with Crippen molar-refractivity contribution in [2.75, 3.05) is 0 Å². The van der Waals surface area contributed by atoms with Gasteiger partial charge in [-0.25, -0.2) is 0 Å². The lowest BCUT2D eigenvalue weighted by Gasteiger charge is -2.18. The second-order valence-electron chi connectivity index (χ2n) is 2.31. The highest BCUT2D eigenvalue weighted by atomic mass is 35.5. The Labute approximate surface area is 89.9 Å². The molecule has 66 valence electrons. The molecule has 0 heterocycles. The van der Waals surface area contributed by atoms with Crippen molar-refractivity contribution < 1.29 is 4.79 Å². The number of halogens is 4. The molecule has 2 atom stereocenters. The maximum absolute atomic E-state index is 10.8. The Morgan fingerprint density at radius 3 is 2.42 bits per heavy atom. The lowest BCUT2D eigenvalue weighted by Crippen LogP contribution is -2.22. The number of alkyl halides is 1. The molecule has 0 saturated heterocycles. The summed E-state index contributed by atoms with van der Waals surface area (Å²) in [5, 5.41) is -0.423. The molecule has 0 aromatic carbocycles. The van der Waals surface area contributed by atoms with Gasteiger partial charge in [-0.1, -0.05) is 23.2 Å². The van der Waals surface area contributed by atoms with Crippen molar-refractivity contribution in [2.45, 2.75) is 5.38 Å². The summed E-state index contributed by atoms with van der Waals surface area (Å²) in [6.07, 6.45) is 2.99. The van der Waals surface area contributed by atoms with Gasteiger partial charge in [-0.3, -0.25) is 4.79 Å². The Balaban J connectivity index is 2.94. The van der Waals surface area contributed by atoms with E-state index in [4.69, 9.17) is 46.4 Å². The lowest BCUT2D eigenvalue weighted by atomic mass is 10.0. The number of hydrogen-bond acceptors (Lipinski definition) is 1. The molecule has 0 amide bonds. The molecule has 1 unspecified atom stereocenters. The van der Waals surface area contributed by atoms with Crippen molar-refractivity contribution in [3.05, 3.63) is 22.2 Å². The van der Waals surface area contributed by atoms with E-state index in [1.807, 2.05) is 0 Å². The van der Waals surface area contributed by atoms with E-state index in [9.17, 15) is 4.79 Å². The Morgan fingerprint density at radius 2 is 2.00 bits per heavy atom. The predicted molar refractivity (Wildman–Crippen MR) is 51.9 cm³/mol. The van der Waals surface area contributed by atoms with E-state index < -0.39 is 16.5 Å². The fourth-order valence-electron chi connectivity index (χ4n) is 0.904. The zero-order chi connectivity index (χ0) is 9.30. The highest BCUT2D eigenvalue weighted by Crippen LogP contribution is 2.33. The molecule has 1 rings (SSSR count). The van der Waals surface area contributed by atoms with Gasteiger partial charge in [0.25, 0.3) is 0 Å². The summed E-state index contributed by atoms with van der Waals surface area (Å²) < 4.78 is 0. The van der Waals surface area contributed by atoms with Gasteiger partial charge in [0.15, 0.2) is 0 Å². The normalized spacial score (nSPS) is 29.3. The third-order valence-corrected chi connectivity index (χ3v) is 2.65. The Bertz CT molecular complexity index is 269. The van der Waals surface area contributed by atoms with Gasteiger partial charge in [0, 0.05) is 10.1 Å². The van der Waals surface area contributed by atoms with Crippen LogP contribution in [0.25, 0.3) is 0 Å². The van der Waals surface area contributed by atoms with Crippen LogP contribution in [0.15, 0.2) is 22.2 Å². The van der Waals surface area contributed by atoms with Gasteiger partial charge in [-0.2, -0.15) is 0 Å². The van der Waals surface area contributed by atoms with Crippen molar-refractivity contribution in [2.24, 2.45) is 5.92 Å². The zero-order valence-corrected chi connectivity index (χ0v) is 8.75. The molecular weight excluding hydrogens is 242 g/mol. The third kappa shape index (κ3) is 2.17.